The van der Waals surface area contributed by atoms with Crippen molar-refractivity contribution in [3.05, 3.63) is 72.3 Å². The molecule has 0 bridgehead atoms. The van der Waals surface area contributed by atoms with Crippen molar-refractivity contribution in [1.29, 1.82) is 0 Å². The van der Waals surface area contributed by atoms with Crippen LogP contribution in [-0.4, -0.2) is 10.2 Å². The third-order valence-corrected chi connectivity index (χ3v) is 5.24. The molecule has 4 nitrogen and oxygen atoms in total. The maximum Gasteiger partial charge on any atom is 0.140 e. The summed E-state index contributed by atoms with van der Waals surface area (Å²) in [6.07, 6.45) is 0.955. The van der Waals surface area contributed by atoms with Gasteiger partial charge < -0.3 is 10.2 Å². The van der Waals surface area contributed by atoms with Gasteiger partial charge >= 0.3 is 0 Å². The fourth-order valence-electron chi connectivity index (χ4n) is 3.00. The SMILES string of the molecule is CCC(C)(C)c1ccc(O)c(N(N)c2cc(-c3ccccc3)ccc2O)c1. The van der Waals surface area contributed by atoms with E-state index in [2.05, 4.69) is 20.8 Å². The van der Waals surface area contributed by atoms with Crippen molar-refractivity contribution < 1.29 is 10.2 Å². The second kappa shape index (κ2) is 7.33. The zero-order chi connectivity index (χ0) is 19.6. The van der Waals surface area contributed by atoms with Gasteiger partial charge in [-0.2, -0.15) is 0 Å². The van der Waals surface area contributed by atoms with Crippen molar-refractivity contribution >= 4 is 11.4 Å². The summed E-state index contributed by atoms with van der Waals surface area (Å²) in [5.74, 6) is 6.45. The predicted molar refractivity (Wildman–Crippen MR) is 111 cm³/mol. The Bertz CT molecular complexity index is 936. The first-order valence-electron chi connectivity index (χ1n) is 9.10. The average Bonchev–Trinajstić information content (AvgIpc) is 2.68. The van der Waals surface area contributed by atoms with Gasteiger partial charge in [0, 0.05) is 0 Å². The van der Waals surface area contributed by atoms with E-state index in [1.54, 1.807) is 12.1 Å². The van der Waals surface area contributed by atoms with E-state index < -0.39 is 0 Å². The standard InChI is InChI=1S/C23H26N2O2/c1-4-23(2,3)18-11-13-22(27)20(15-18)25(24)19-14-17(10-12-21(19)26)16-8-6-5-7-9-16/h5-15,26-27H,4,24H2,1-3H3. The molecule has 0 amide bonds. The maximum atomic E-state index is 10.4. The van der Waals surface area contributed by atoms with Crippen LogP contribution in [-0.2, 0) is 5.41 Å². The van der Waals surface area contributed by atoms with Crippen LogP contribution >= 0.6 is 0 Å². The van der Waals surface area contributed by atoms with Crippen LogP contribution in [0.2, 0.25) is 0 Å². The fraction of sp³-hybridized carbons (Fsp3) is 0.217. The van der Waals surface area contributed by atoms with E-state index in [-0.39, 0.29) is 16.9 Å². The Morgan fingerprint density at radius 3 is 2.04 bits per heavy atom. The summed E-state index contributed by atoms with van der Waals surface area (Å²) in [4.78, 5) is 0. The van der Waals surface area contributed by atoms with Gasteiger partial charge in [-0.1, -0.05) is 63.2 Å². The molecule has 0 aliphatic carbocycles. The molecule has 0 radical (unpaired) electrons. The summed E-state index contributed by atoms with van der Waals surface area (Å²) in [5, 5.41) is 22.1. The molecule has 0 atom stereocenters. The molecule has 3 rings (SSSR count). The average molecular weight is 362 g/mol. The maximum absolute atomic E-state index is 10.4. The second-order valence-corrected chi connectivity index (χ2v) is 7.38. The van der Waals surface area contributed by atoms with E-state index in [0.29, 0.717) is 11.4 Å². The van der Waals surface area contributed by atoms with E-state index in [9.17, 15) is 10.2 Å². The molecule has 0 unspecified atom stereocenters. The molecule has 0 aromatic heterocycles. The summed E-state index contributed by atoms with van der Waals surface area (Å²) in [6, 6.07) is 20.6. The summed E-state index contributed by atoms with van der Waals surface area (Å²) in [6.45, 7) is 6.43. The summed E-state index contributed by atoms with van der Waals surface area (Å²) < 4.78 is 0. The smallest absolute Gasteiger partial charge is 0.140 e. The zero-order valence-corrected chi connectivity index (χ0v) is 16.0. The highest BCUT2D eigenvalue weighted by Gasteiger charge is 2.22. The lowest BCUT2D eigenvalue weighted by Crippen LogP contribution is -2.26. The molecule has 0 spiro atoms. The number of aromatic hydroxyl groups is 2. The Kier molecular flexibility index (Phi) is 5.10. The van der Waals surface area contributed by atoms with Crippen LogP contribution in [0.4, 0.5) is 11.4 Å². The molecule has 0 saturated heterocycles. The Morgan fingerprint density at radius 2 is 1.41 bits per heavy atom. The van der Waals surface area contributed by atoms with E-state index in [4.69, 9.17) is 5.84 Å². The molecular formula is C23H26N2O2. The Labute approximate surface area is 160 Å². The molecule has 0 aliphatic heterocycles. The third kappa shape index (κ3) is 3.76. The van der Waals surface area contributed by atoms with Crippen LogP contribution in [0.15, 0.2) is 66.7 Å². The number of phenols is 2. The highest BCUT2D eigenvalue weighted by Crippen LogP contribution is 2.40. The first-order chi connectivity index (χ1) is 12.8. The first-order valence-corrected chi connectivity index (χ1v) is 9.10. The number of anilines is 2. The van der Waals surface area contributed by atoms with Crippen LogP contribution in [0.3, 0.4) is 0 Å². The zero-order valence-electron chi connectivity index (χ0n) is 16.0. The van der Waals surface area contributed by atoms with Gasteiger partial charge in [-0.15, -0.1) is 0 Å². The van der Waals surface area contributed by atoms with Crippen LogP contribution in [0.25, 0.3) is 11.1 Å². The van der Waals surface area contributed by atoms with Gasteiger partial charge in [0.1, 0.15) is 11.5 Å². The van der Waals surface area contributed by atoms with Crippen LogP contribution in [0, 0.1) is 0 Å². The van der Waals surface area contributed by atoms with Gasteiger partial charge in [0.2, 0.25) is 0 Å². The lowest BCUT2D eigenvalue weighted by atomic mass is 9.82. The predicted octanol–water partition coefficient (Wildman–Crippen LogP) is 5.46. The van der Waals surface area contributed by atoms with Gasteiger partial charge in [0.05, 0.1) is 11.4 Å². The number of phenolic OH excluding ortho intramolecular Hbond substituents is 2. The van der Waals surface area contributed by atoms with Crippen molar-refractivity contribution in [3.63, 3.8) is 0 Å². The number of hydrazine groups is 1. The number of nitrogens with zero attached hydrogens (tertiary/aromatic N) is 1. The monoisotopic (exact) mass is 362 g/mol. The van der Waals surface area contributed by atoms with Gasteiger partial charge in [-0.25, -0.2) is 5.84 Å². The van der Waals surface area contributed by atoms with Gasteiger partial charge in [0.25, 0.3) is 0 Å². The molecule has 0 heterocycles. The molecule has 3 aromatic carbocycles. The van der Waals surface area contributed by atoms with Crippen molar-refractivity contribution in [1.82, 2.24) is 0 Å². The molecule has 0 saturated carbocycles. The lowest BCUT2D eigenvalue weighted by Gasteiger charge is -2.27. The van der Waals surface area contributed by atoms with E-state index in [1.807, 2.05) is 54.6 Å². The Balaban J connectivity index is 2.06. The minimum Gasteiger partial charge on any atom is -0.506 e. The second-order valence-electron chi connectivity index (χ2n) is 7.38. The van der Waals surface area contributed by atoms with Crippen molar-refractivity contribution in [3.8, 4) is 22.6 Å². The number of benzene rings is 3. The molecule has 27 heavy (non-hydrogen) atoms. The highest BCUT2D eigenvalue weighted by molar-refractivity contribution is 5.77. The quantitative estimate of drug-likeness (QED) is 0.416. The molecule has 3 aromatic rings. The third-order valence-electron chi connectivity index (χ3n) is 5.24. The van der Waals surface area contributed by atoms with Crippen LogP contribution in [0.5, 0.6) is 11.5 Å². The minimum absolute atomic E-state index is 0.0444. The molecular weight excluding hydrogens is 336 g/mol. The molecule has 0 fully saturated rings. The number of rotatable bonds is 5. The molecule has 0 aliphatic rings. The van der Waals surface area contributed by atoms with E-state index >= 15 is 0 Å². The number of nitrogens with two attached hydrogens (primary N) is 1. The van der Waals surface area contributed by atoms with Gasteiger partial charge in [-0.05, 0) is 52.8 Å². The molecule has 4 heteroatoms. The lowest BCUT2D eigenvalue weighted by molar-refractivity contribution is 0.468. The Morgan fingerprint density at radius 1 is 0.815 bits per heavy atom. The molecule has 4 N–H and O–H groups in total. The summed E-state index contributed by atoms with van der Waals surface area (Å²) in [5.41, 5.74) is 3.87. The largest absolute Gasteiger partial charge is 0.506 e. The van der Waals surface area contributed by atoms with Crippen LogP contribution < -0.4 is 10.9 Å². The van der Waals surface area contributed by atoms with Gasteiger partial charge in [-0.3, -0.25) is 5.01 Å². The first kappa shape index (κ1) is 18.8. The summed E-state index contributed by atoms with van der Waals surface area (Å²) >= 11 is 0. The fourth-order valence-corrected chi connectivity index (χ4v) is 3.00. The summed E-state index contributed by atoms with van der Waals surface area (Å²) in [7, 11) is 0. The van der Waals surface area contributed by atoms with Crippen molar-refractivity contribution in [2.75, 3.05) is 5.01 Å². The number of hydrogen-bond acceptors (Lipinski definition) is 4. The minimum atomic E-state index is -0.0444. The van der Waals surface area contributed by atoms with E-state index in [0.717, 1.165) is 23.1 Å². The number of hydrogen-bond donors (Lipinski definition) is 3. The van der Waals surface area contributed by atoms with Crippen LogP contribution in [0.1, 0.15) is 32.8 Å². The van der Waals surface area contributed by atoms with Gasteiger partial charge in [0.15, 0.2) is 0 Å². The van der Waals surface area contributed by atoms with Crippen molar-refractivity contribution in [2.45, 2.75) is 32.6 Å². The van der Waals surface area contributed by atoms with E-state index in [1.165, 1.54) is 5.01 Å². The normalized spacial score (nSPS) is 11.4. The molecule has 140 valence electrons. The highest BCUT2D eigenvalue weighted by atomic mass is 16.3. The topological polar surface area (TPSA) is 69.7 Å². The van der Waals surface area contributed by atoms with Crippen molar-refractivity contribution in [2.24, 2.45) is 5.84 Å². The Hall–Kier alpha value is -2.98.